The fraction of sp³-hybridized carbons (Fsp3) is 0.500. The number of benzene rings is 1. The molecule has 1 aliphatic heterocycles. The predicted molar refractivity (Wildman–Crippen MR) is 58.0 cm³/mol. The minimum atomic E-state index is -4.28. The zero-order chi connectivity index (χ0) is 12.5. The lowest BCUT2D eigenvalue weighted by Gasteiger charge is -2.25. The van der Waals surface area contributed by atoms with E-state index in [1.807, 2.05) is 13.1 Å². The van der Waals surface area contributed by atoms with Crippen LogP contribution in [0, 0.1) is 0 Å². The van der Waals surface area contributed by atoms with Crippen molar-refractivity contribution in [2.75, 3.05) is 20.2 Å². The summed E-state index contributed by atoms with van der Waals surface area (Å²) in [6, 6.07) is 5.16. The van der Waals surface area contributed by atoms with Gasteiger partial charge >= 0.3 is 6.18 Å². The first kappa shape index (κ1) is 12.2. The highest BCUT2D eigenvalue weighted by Gasteiger charge is 2.28. The Labute approximate surface area is 98.0 Å². The highest BCUT2D eigenvalue weighted by molar-refractivity contribution is 5.37. The number of nitrogens with zero attached hydrogens (tertiary/aromatic N) is 1. The van der Waals surface area contributed by atoms with Crippen molar-refractivity contribution < 1.29 is 17.9 Å². The number of hydrogen-bond donors (Lipinski definition) is 0. The molecular weight excluding hydrogens is 231 g/mol. The minimum absolute atomic E-state index is 0.297. The average molecular weight is 245 g/mol. The fourth-order valence-corrected chi connectivity index (χ4v) is 1.93. The molecule has 17 heavy (non-hydrogen) atoms. The molecule has 5 heteroatoms. The van der Waals surface area contributed by atoms with Crippen molar-refractivity contribution in [1.82, 2.24) is 4.90 Å². The molecule has 0 fully saturated rings. The van der Waals surface area contributed by atoms with Crippen molar-refractivity contribution in [2.24, 2.45) is 0 Å². The van der Waals surface area contributed by atoms with Crippen LogP contribution in [0.1, 0.15) is 11.1 Å². The van der Waals surface area contributed by atoms with Crippen LogP contribution in [-0.4, -0.2) is 31.3 Å². The molecule has 1 aromatic carbocycles. The molecule has 94 valence electrons. The number of rotatable bonds is 2. The van der Waals surface area contributed by atoms with Crippen molar-refractivity contribution in [2.45, 2.75) is 19.1 Å². The fourth-order valence-electron chi connectivity index (χ4n) is 1.93. The first-order valence-corrected chi connectivity index (χ1v) is 5.44. The van der Waals surface area contributed by atoms with Gasteiger partial charge < -0.3 is 9.64 Å². The van der Waals surface area contributed by atoms with Crippen LogP contribution in [0.15, 0.2) is 18.2 Å². The van der Waals surface area contributed by atoms with Gasteiger partial charge in [0.15, 0.2) is 6.61 Å². The van der Waals surface area contributed by atoms with E-state index in [1.165, 1.54) is 0 Å². The lowest BCUT2D eigenvalue weighted by molar-refractivity contribution is -0.153. The molecule has 2 nitrogen and oxygen atoms in total. The van der Waals surface area contributed by atoms with Crippen LogP contribution >= 0.6 is 0 Å². The summed E-state index contributed by atoms with van der Waals surface area (Å²) in [6.45, 7) is 0.538. The third-order valence-corrected chi connectivity index (χ3v) is 2.78. The monoisotopic (exact) mass is 245 g/mol. The molecule has 1 aromatic rings. The summed E-state index contributed by atoms with van der Waals surface area (Å²) < 4.78 is 40.7. The molecule has 0 amide bonds. The van der Waals surface area contributed by atoms with Gasteiger partial charge in [-0.25, -0.2) is 0 Å². The third kappa shape index (κ3) is 3.36. The molecule has 0 bridgehead atoms. The van der Waals surface area contributed by atoms with Gasteiger partial charge in [-0.3, -0.25) is 0 Å². The summed E-state index contributed by atoms with van der Waals surface area (Å²) >= 11 is 0. The second-order valence-electron chi connectivity index (χ2n) is 4.32. The van der Waals surface area contributed by atoms with Crippen molar-refractivity contribution >= 4 is 0 Å². The third-order valence-electron chi connectivity index (χ3n) is 2.78. The highest BCUT2D eigenvalue weighted by Crippen LogP contribution is 2.24. The average Bonchev–Trinajstić information content (AvgIpc) is 2.25. The standard InChI is InChI=1S/C12H14F3NO/c1-16-5-4-9-6-11(3-2-10(9)7-16)17-8-12(13,14)15/h2-3,6H,4-5,7-8H2,1H3. The Morgan fingerprint density at radius 1 is 1.29 bits per heavy atom. The van der Waals surface area contributed by atoms with Gasteiger partial charge in [0.1, 0.15) is 5.75 Å². The van der Waals surface area contributed by atoms with Crippen LogP contribution in [0.5, 0.6) is 5.75 Å². The summed E-state index contributed by atoms with van der Waals surface area (Å²) in [5.74, 6) is 0.297. The van der Waals surface area contributed by atoms with E-state index in [2.05, 4.69) is 4.90 Å². The lowest BCUT2D eigenvalue weighted by Crippen LogP contribution is -2.26. The smallest absolute Gasteiger partial charge is 0.422 e. The Balaban J connectivity index is 2.06. The van der Waals surface area contributed by atoms with Crippen molar-refractivity contribution in [3.05, 3.63) is 29.3 Å². The quantitative estimate of drug-likeness (QED) is 0.794. The largest absolute Gasteiger partial charge is 0.484 e. The second-order valence-corrected chi connectivity index (χ2v) is 4.32. The molecule has 0 aliphatic carbocycles. The van der Waals surface area contributed by atoms with Gasteiger partial charge in [-0.15, -0.1) is 0 Å². The molecule has 2 rings (SSSR count). The van der Waals surface area contributed by atoms with Crippen LogP contribution in [0.4, 0.5) is 13.2 Å². The Morgan fingerprint density at radius 2 is 2.06 bits per heavy atom. The van der Waals surface area contributed by atoms with Gasteiger partial charge in [0.05, 0.1) is 0 Å². The van der Waals surface area contributed by atoms with E-state index in [9.17, 15) is 13.2 Å². The lowest BCUT2D eigenvalue weighted by atomic mass is 10.00. The van der Waals surface area contributed by atoms with E-state index in [4.69, 9.17) is 4.74 Å². The number of likely N-dealkylation sites (N-methyl/N-ethyl adjacent to an activating group) is 1. The maximum Gasteiger partial charge on any atom is 0.422 e. The zero-order valence-corrected chi connectivity index (χ0v) is 9.55. The van der Waals surface area contributed by atoms with Crippen LogP contribution in [0.25, 0.3) is 0 Å². The Bertz CT molecular complexity index is 403. The molecule has 0 aromatic heterocycles. The van der Waals surface area contributed by atoms with Crippen LogP contribution < -0.4 is 4.74 Å². The number of fused-ring (bicyclic) bond motifs is 1. The molecule has 1 aliphatic rings. The molecule has 0 saturated heterocycles. The van der Waals surface area contributed by atoms with E-state index < -0.39 is 12.8 Å². The van der Waals surface area contributed by atoms with Crippen LogP contribution in [-0.2, 0) is 13.0 Å². The SMILES string of the molecule is CN1CCc2cc(OCC(F)(F)F)ccc2C1. The van der Waals surface area contributed by atoms with Gasteiger partial charge in [-0.05, 0) is 36.7 Å². The summed E-state index contributed by atoms with van der Waals surface area (Å²) in [5.41, 5.74) is 2.25. The van der Waals surface area contributed by atoms with E-state index >= 15 is 0 Å². The maximum absolute atomic E-state index is 12.0. The number of ether oxygens (including phenoxy) is 1. The molecule has 0 radical (unpaired) electrons. The van der Waals surface area contributed by atoms with Crippen molar-refractivity contribution in [3.8, 4) is 5.75 Å². The number of hydrogen-bond acceptors (Lipinski definition) is 2. The normalized spacial score (nSPS) is 16.7. The van der Waals surface area contributed by atoms with E-state index in [1.54, 1.807) is 12.1 Å². The molecular formula is C12H14F3NO. The molecule has 0 atom stereocenters. The number of alkyl halides is 3. The summed E-state index contributed by atoms with van der Waals surface area (Å²) in [4.78, 5) is 2.18. The van der Waals surface area contributed by atoms with E-state index in [0.717, 1.165) is 30.6 Å². The first-order chi connectivity index (χ1) is 7.94. The van der Waals surface area contributed by atoms with Gasteiger partial charge in [-0.1, -0.05) is 6.07 Å². The van der Waals surface area contributed by atoms with Crippen molar-refractivity contribution in [1.29, 1.82) is 0 Å². The Kier molecular flexibility index (Phi) is 3.28. The van der Waals surface area contributed by atoms with Gasteiger partial charge in [0, 0.05) is 13.1 Å². The summed E-state index contributed by atoms with van der Waals surface area (Å²) in [6.07, 6.45) is -3.43. The molecule has 0 unspecified atom stereocenters. The Morgan fingerprint density at radius 3 is 2.76 bits per heavy atom. The van der Waals surface area contributed by atoms with Gasteiger partial charge in [0.25, 0.3) is 0 Å². The van der Waals surface area contributed by atoms with Gasteiger partial charge in [0.2, 0.25) is 0 Å². The van der Waals surface area contributed by atoms with E-state index in [-0.39, 0.29) is 0 Å². The Hall–Kier alpha value is -1.23. The topological polar surface area (TPSA) is 12.5 Å². The molecule has 0 N–H and O–H groups in total. The summed E-state index contributed by atoms with van der Waals surface area (Å²) in [5, 5.41) is 0. The van der Waals surface area contributed by atoms with E-state index in [0.29, 0.717) is 5.75 Å². The zero-order valence-electron chi connectivity index (χ0n) is 9.55. The first-order valence-electron chi connectivity index (χ1n) is 5.44. The van der Waals surface area contributed by atoms with Crippen LogP contribution in [0.2, 0.25) is 0 Å². The molecule has 0 saturated carbocycles. The summed E-state index contributed by atoms with van der Waals surface area (Å²) in [7, 11) is 2.02. The second kappa shape index (κ2) is 4.56. The highest BCUT2D eigenvalue weighted by atomic mass is 19.4. The van der Waals surface area contributed by atoms with Crippen LogP contribution in [0.3, 0.4) is 0 Å². The minimum Gasteiger partial charge on any atom is -0.484 e. The predicted octanol–water partition coefficient (Wildman–Crippen LogP) is 2.62. The molecule has 1 heterocycles. The number of halogens is 3. The molecule has 0 spiro atoms. The van der Waals surface area contributed by atoms with Crippen molar-refractivity contribution in [3.63, 3.8) is 0 Å². The maximum atomic E-state index is 12.0. The van der Waals surface area contributed by atoms with Gasteiger partial charge in [-0.2, -0.15) is 13.2 Å².